The lowest BCUT2D eigenvalue weighted by atomic mass is 10.1. The number of carbonyl (C=O) groups excluding carboxylic acids is 1. The molecule has 0 aliphatic carbocycles. The fourth-order valence-electron chi connectivity index (χ4n) is 1.25. The minimum atomic E-state index is -0.386. The summed E-state index contributed by atoms with van der Waals surface area (Å²) in [6.07, 6.45) is 2.91. The Labute approximate surface area is 84.1 Å². The summed E-state index contributed by atoms with van der Waals surface area (Å²) in [6.45, 7) is 6.09. The standard InChI is InChI=1S/C11H15NO2/c1-4-14-9(3)11(13)10-5-8(2)6-12-7-10/h5-7,9H,4H2,1-3H3. The van der Waals surface area contributed by atoms with E-state index in [9.17, 15) is 4.79 Å². The Morgan fingerprint density at radius 2 is 2.29 bits per heavy atom. The van der Waals surface area contributed by atoms with E-state index in [-0.39, 0.29) is 11.9 Å². The second kappa shape index (κ2) is 4.86. The van der Waals surface area contributed by atoms with Crippen LogP contribution in [-0.4, -0.2) is 23.5 Å². The van der Waals surface area contributed by atoms with E-state index in [4.69, 9.17) is 4.74 Å². The molecule has 0 aromatic carbocycles. The van der Waals surface area contributed by atoms with Gasteiger partial charge in [0.25, 0.3) is 0 Å². The van der Waals surface area contributed by atoms with Crippen molar-refractivity contribution in [1.82, 2.24) is 4.98 Å². The third kappa shape index (κ3) is 2.64. The van der Waals surface area contributed by atoms with Crippen molar-refractivity contribution in [2.75, 3.05) is 6.61 Å². The molecule has 14 heavy (non-hydrogen) atoms. The Morgan fingerprint density at radius 3 is 2.86 bits per heavy atom. The van der Waals surface area contributed by atoms with Gasteiger partial charge in [-0.25, -0.2) is 0 Å². The van der Waals surface area contributed by atoms with Crippen molar-refractivity contribution in [3.8, 4) is 0 Å². The number of hydrogen-bond acceptors (Lipinski definition) is 3. The molecule has 1 aromatic heterocycles. The average molecular weight is 193 g/mol. The third-order valence-corrected chi connectivity index (χ3v) is 1.95. The van der Waals surface area contributed by atoms with Crippen molar-refractivity contribution < 1.29 is 9.53 Å². The SMILES string of the molecule is CCOC(C)C(=O)c1cncc(C)c1. The summed E-state index contributed by atoms with van der Waals surface area (Å²) in [5.74, 6) is -0.0111. The zero-order chi connectivity index (χ0) is 10.6. The van der Waals surface area contributed by atoms with Gasteiger partial charge in [0.15, 0.2) is 5.78 Å². The third-order valence-electron chi connectivity index (χ3n) is 1.95. The molecule has 0 spiro atoms. The molecule has 0 N–H and O–H groups in total. The largest absolute Gasteiger partial charge is 0.371 e. The molecule has 76 valence electrons. The topological polar surface area (TPSA) is 39.2 Å². The van der Waals surface area contributed by atoms with Crippen molar-refractivity contribution in [2.45, 2.75) is 26.9 Å². The van der Waals surface area contributed by atoms with Crippen molar-refractivity contribution in [2.24, 2.45) is 0 Å². The van der Waals surface area contributed by atoms with E-state index in [1.54, 1.807) is 19.3 Å². The summed E-state index contributed by atoms with van der Waals surface area (Å²) in [6, 6.07) is 1.82. The fraction of sp³-hybridized carbons (Fsp3) is 0.455. The normalized spacial score (nSPS) is 12.5. The molecule has 1 unspecified atom stereocenters. The van der Waals surface area contributed by atoms with E-state index in [0.717, 1.165) is 5.56 Å². The van der Waals surface area contributed by atoms with E-state index in [2.05, 4.69) is 4.98 Å². The second-order valence-electron chi connectivity index (χ2n) is 3.21. The summed E-state index contributed by atoms with van der Waals surface area (Å²) in [5, 5.41) is 0. The maximum absolute atomic E-state index is 11.7. The summed E-state index contributed by atoms with van der Waals surface area (Å²) in [4.78, 5) is 15.7. The minimum Gasteiger partial charge on any atom is -0.371 e. The Hall–Kier alpha value is -1.22. The molecule has 1 heterocycles. The van der Waals surface area contributed by atoms with Gasteiger partial charge in [0.05, 0.1) is 0 Å². The molecule has 0 bridgehead atoms. The predicted molar refractivity (Wildman–Crippen MR) is 54.4 cm³/mol. The summed E-state index contributed by atoms with van der Waals surface area (Å²) >= 11 is 0. The Kier molecular flexibility index (Phi) is 3.77. The molecule has 3 heteroatoms. The van der Waals surface area contributed by atoms with Crippen LogP contribution in [0.4, 0.5) is 0 Å². The molecule has 0 fully saturated rings. The number of pyridine rings is 1. The first-order chi connectivity index (χ1) is 6.65. The number of aromatic nitrogens is 1. The zero-order valence-corrected chi connectivity index (χ0v) is 8.78. The molecule has 0 aliphatic rings. The van der Waals surface area contributed by atoms with Crippen LogP contribution >= 0.6 is 0 Å². The van der Waals surface area contributed by atoms with Crippen LogP contribution in [0.5, 0.6) is 0 Å². The predicted octanol–water partition coefficient (Wildman–Crippen LogP) is 2.00. The molecule has 1 atom stereocenters. The molecule has 0 radical (unpaired) electrons. The molecule has 1 rings (SSSR count). The molecule has 0 amide bonds. The van der Waals surface area contributed by atoms with Gasteiger partial charge in [-0.1, -0.05) is 0 Å². The van der Waals surface area contributed by atoms with Crippen LogP contribution < -0.4 is 0 Å². The Balaban J connectivity index is 2.78. The lowest BCUT2D eigenvalue weighted by molar-refractivity contribution is 0.0520. The van der Waals surface area contributed by atoms with Gasteiger partial charge in [-0.2, -0.15) is 0 Å². The molecule has 3 nitrogen and oxygen atoms in total. The fourth-order valence-corrected chi connectivity index (χ4v) is 1.25. The lowest BCUT2D eigenvalue weighted by Gasteiger charge is -2.09. The smallest absolute Gasteiger partial charge is 0.192 e. The molecule has 0 saturated carbocycles. The highest BCUT2D eigenvalue weighted by Gasteiger charge is 2.15. The van der Waals surface area contributed by atoms with E-state index in [0.29, 0.717) is 12.2 Å². The number of hydrogen-bond donors (Lipinski definition) is 0. The first kappa shape index (κ1) is 10.9. The van der Waals surface area contributed by atoms with E-state index in [1.165, 1.54) is 0 Å². The maximum atomic E-state index is 11.7. The van der Waals surface area contributed by atoms with Crippen LogP contribution in [0.25, 0.3) is 0 Å². The van der Waals surface area contributed by atoms with Gasteiger partial charge >= 0.3 is 0 Å². The molecular formula is C11H15NO2. The average Bonchev–Trinajstić information content (AvgIpc) is 2.17. The Bertz CT molecular complexity index is 323. The first-order valence-electron chi connectivity index (χ1n) is 4.72. The highest BCUT2D eigenvalue weighted by molar-refractivity contribution is 5.99. The van der Waals surface area contributed by atoms with Crippen LogP contribution in [0.15, 0.2) is 18.5 Å². The zero-order valence-electron chi connectivity index (χ0n) is 8.78. The van der Waals surface area contributed by atoms with Crippen LogP contribution in [0.2, 0.25) is 0 Å². The van der Waals surface area contributed by atoms with Crippen LogP contribution in [0.1, 0.15) is 29.8 Å². The van der Waals surface area contributed by atoms with E-state index >= 15 is 0 Å². The van der Waals surface area contributed by atoms with Gasteiger partial charge in [-0.3, -0.25) is 9.78 Å². The number of ether oxygens (including phenoxy) is 1. The highest BCUT2D eigenvalue weighted by atomic mass is 16.5. The quantitative estimate of drug-likeness (QED) is 0.686. The first-order valence-corrected chi connectivity index (χ1v) is 4.72. The molecular weight excluding hydrogens is 178 g/mol. The van der Waals surface area contributed by atoms with Gasteiger partial charge in [-0.05, 0) is 32.4 Å². The summed E-state index contributed by atoms with van der Waals surface area (Å²) in [5.41, 5.74) is 1.60. The van der Waals surface area contributed by atoms with Gasteiger partial charge in [0, 0.05) is 24.6 Å². The number of aryl methyl sites for hydroxylation is 1. The van der Waals surface area contributed by atoms with Crippen molar-refractivity contribution in [1.29, 1.82) is 0 Å². The molecule has 0 saturated heterocycles. The maximum Gasteiger partial charge on any atom is 0.192 e. The van der Waals surface area contributed by atoms with E-state index < -0.39 is 0 Å². The summed E-state index contributed by atoms with van der Waals surface area (Å²) in [7, 11) is 0. The number of nitrogens with zero attached hydrogens (tertiary/aromatic N) is 1. The number of rotatable bonds is 4. The van der Waals surface area contributed by atoms with Crippen LogP contribution in [0, 0.1) is 6.92 Å². The molecule has 1 aromatic rings. The lowest BCUT2D eigenvalue weighted by Crippen LogP contribution is -2.21. The van der Waals surface area contributed by atoms with Crippen molar-refractivity contribution >= 4 is 5.78 Å². The van der Waals surface area contributed by atoms with Gasteiger partial charge in [0.1, 0.15) is 6.10 Å². The van der Waals surface area contributed by atoms with Gasteiger partial charge in [0.2, 0.25) is 0 Å². The van der Waals surface area contributed by atoms with Gasteiger partial charge in [-0.15, -0.1) is 0 Å². The number of Topliss-reactive ketones (excluding diaryl/α,β-unsaturated/α-hetero) is 1. The highest BCUT2D eigenvalue weighted by Crippen LogP contribution is 2.06. The number of ketones is 1. The van der Waals surface area contributed by atoms with Crippen molar-refractivity contribution in [3.63, 3.8) is 0 Å². The van der Waals surface area contributed by atoms with Crippen molar-refractivity contribution in [3.05, 3.63) is 29.6 Å². The van der Waals surface area contributed by atoms with Crippen LogP contribution in [0.3, 0.4) is 0 Å². The number of carbonyl (C=O) groups is 1. The molecule has 0 aliphatic heterocycles. The van der Waals surface area contributed by atoms with Gasteiger partial charge < -0.3 is 4.74 Å². The second-order valence-corrected chi connectivity index (χ2v) is 3.21. The monoisotopic (exact) mass is 193 g/mol. The van der Waals surface area contributed by atoms with E-state index in [1.807, 2.05) is 19.9 Å². The minimum absolute atomic E-state index is 0.0111. The summed E-state index contributed by atoms with van der Waals surface area (Å²) < 4.78 is 5.22. The Morgan fingerprint density at radius 1 is 1.57 bits per heavy atom. The van der Waals surface area contributed by atoms with Crippen LogP contribution in [-0.2, 0) is 4.74 Å².